The highest BCUT2D eigenvalue weighted by molar-refractivity contribution is 7.12. The molecular formula is C17H20N2O5S. The van der Waals surface area contributed by atoms with E-state index in [2.05, 4.69) is 10.1 Å². The van der Waals surface area contributed by atoms with Gasteiger partial charge in [0.2, 0.25) is 17.7 Å². The highest BCUT2D eigenvalue weighted by atomic mass is 32.1. The normalized spacial score (nSPS) is 22.7. The van der Waals surface area contributed by atoms with Crippen LogP contribution in [0.25, 0.3) is 0 Å². The van der Waals surface area contributed by atoms with E-state index in [1.54, 1.807) is 11.4 Å². The first kappa shape index (κ1) is 17.6. The lowest BCUT2D eigenvalue weighted by atomic mass is 9.81. The molecule has 134 valence electrons. The first-order chi connectivity index (χ1) is 12.0. The van der Waals surface area contributed by atoms with E-state index < -0.39 is 5.97 Å². The molecule has 0 unspecified atom stereocenters. The zero-order chi connectivity index (χ0) is 18.0. The summed E-state index contributed by atoms with van der Waals surface area (Å²) in [7, 11) is 1.28. The fourth-order valence-corrected chi connectivity index (χ4v) is 4.30. The van der Waals surface area contributed by atoms with Crippen LogP contribution in [0.5, 0.6) is 0 Å². The van der Waals surface area contributed by atoms with Gasteiger partial charge in [0.25, 0.3) is 0 Å². The molecule has 2 atom stereocenters. The molecule has 8 heteroatoms. The summed E-state index contributed by atoms with van der Waals surface area (Å²) in [5.74, 6) is -1.56. The Balaban J connectivity index is 1.58. The number of fused-ring (bicyclic) bond motifs is 1. The van der Waals surface area contributed by atoms with Gasteiger partial charge in [0, 0.05) is 13.0 Å². The van der Waals surface area contributed by atoms with Gasteiger partial charge in [-0.15, -0.1) is 11.3 Å². The predicted molar refractivity (Wildman–Crippen MR) is 91.1 cm³/mol. The number of carbonyl (C=O) groups is 4. The maximum absolute atomic E-state index is 12.4. The van der Waals surface area contributed by atoms with E-state index in [1.807, 2.05) is 0 Å². The zero-order valence-corrected chi connectivity index (χ0v) is 14.8. The number of carbonyl (C=O) groups excluding carboxylic acids is 4. The van der Waals surface area contributed by atoms with Gasteiger partial charge in [-0.05, 0) is 24.3 Å². The van der Waals surface area contributed by atoms with Crippen LogP contribution in [0.2, 0.25) is 0 Å². The molecule has 0 aromatic carbocycles. The number of thiophene rings is 1. The summed E-state index contributed by atoms with van der Waals surface area (Å²) < 4.78 is 4.66. The molecular weight excluding hydrogens is 344 g/mol. The number of anilines is 1. The van der Waals surface area contributed by atoms with Crippen molar-refractivity contribution in [3.05, 3.63) is 16.3 Å². The second-order valence-electron chi connectivity index (χ2n) is 6.28. The lowest BCUT2D eigenvalue weighted by Crippen LogP contribution is -2.34. The molecule has 1 saturated heterocycles. The van der Waals surface area contributed by atoms with E-state index in [-0.39, 0.29) is 42.5 Å². The van der Waals surface area contributed by atoms with E-state index in [4.69, 9.17) is 0 Å². The number of amides is 3. The summed E-state index contributed by atoms with van der Waals surface area (Å²) in [6.45, 7) is 0.0776. The quantitative estimate of drug-likeness (QED) is 0.637. The van der Waals surface area contributed by atoms with Crippen LogP contribution in [0, 0.1) is 11.8 Å². The molecule has 3 amide bonds. The molecule has 0 radical (unpaired) electrons. The van der Waals surface area contributed by atoms with Gasteiger partial charge >= 0.3 is 5.97 Å². The number of nitrogens with zero attached hydrogens (tertiary/aromatic N) is 1. The van der Waals surface area contributed by atoms with Crippen LogP contribution >= 0.6 is 11.3 Å². The van der Waals surface area contributed by atoms with Crippen molar-refractivity contribution < 1.29 is 23.9 Å². The van der Waals surface area contributed by atoms with Gasteiger partial charge in [-0.3, -0.25) is 19.3 Å². The first-order valence-corrected chi connectivity index (χ1v) is 9.21. The van der Waals surface area contributed by atoms with Crippen molar-refractivity contribution in [2.45, 2.75) is 32.1 Å². The molecule has 2 heterocycles. The van der Waals surface area contributed by atoms with Crippen LogP contribution in [-0.2, 0) is 19.1 Å². The number of ether oxygens (including phenoxy) is 1. The number of methoxy groups -OCH3 is 1. The number of nitrogens with one attached hydrogen (secondary N) is 1. The lowest BCUT2D eigenvalue weighted by molar-refractivity contribution is -0.140. The number of rotatable bonds is 5. The van der Waals surface area contributed by atoms with E-state index in [0.29, 0.717) is 10.6 Å². The fourth-order valence-electron chi connectivity index (χ4n) is 3.54. The van der Waals surface area contributed by atoms with Gasteiger partial charge in [-0.2, -0.15) is 0 Å². The maximum Gasteiger partial charge on any atom is 0.350 e. The second-order valence-corrected chi connectivity index (χ2v) is 7.19. The molecule has 0 bridgehead atoms. The Morgan fingerprint density at radius 3 is 2.48 bits per heavy atom. The highest BCUT2D eigenvalue weighted by Gasteiger charge is 2.47. The van der Waals surface area contributed by atoms with E-state index in [9.17, 15) is 19.2 Å². The standard InChI is InChI=1S/C17H20N2O5S/c1-24-17(23)14-12(7-9-25-14)18-13(20)6-8-19-15(21)10-4-2-3-5-11(10)16(19)22/h7,9-11H,2-6,8H2,1H3,(H,18,20)/t10-,11-/m1/s1. The molecule has 2 fully saturated rings. The van der Waals surface area contributed by atoms with Crippen molar-refractivity contribution in [1.82, 2.24) is 4.90 Å². The topological polar surface area (TPSA) is 92.8 Å². The smallest absolute Gasteiger partial charge is 0.350 e. The Hall–Kier alpha value is -2.22. The van der Waals surface area contributed by atoms with E-state index >= 15 is 0 Å². The largest absolute Gasteiger partial charge is 0.465 e. The van der Waals surface area contributed by atoms with Gasteiger partial charge in [0.05, 0.1) is 24.6 Å². The van der Waals surface area contributed by atoms with Crippen molar-refractivity contribution in [2.75, 3.05) is 19.0 Å². The summed E-state index contributed by atoms with van der Waals surface area (Å²) in [4.78, 5) is 50.1. The lowest BCUT2D eigenvalue weighted by Gasteiger charge is -2.19. The highest BCUT2D eigenvalue weighted by Crippen LogP contribution is 2.38. The van der Waals surface area contributed by atoms with Gasteiger partial charge < -0.3 is 10.1 Å². The molecule has 25 heavy (non-hydrogen) atoms. The molecule has 2 aliphatic rings. The molecule has 1 aromatic heterocycles. The Kier molecular flexibility index (Phi) is 5.17. The number of likely N-dealkylation sites (tertiary alicyclic amines) is 1. The minimum atomic E-state index is -0.515. The molecule has 1 aliphatic carbocycles. The molecule has 1 saturated carbocycles. The summed E-state index contributed by atoms with van der Waals surface area (Å²) in [6.07, 6.45) is 3.48. The van der Waals surface area contributed by atoms with E-state index in [1.165, 1.54) is 23.3 Å². The van der Waals surface area contributed by atoms with Crippen LogP contribution in [0.1, 0.15) is 41.8 Å². The monoisotopic (exact) mass is 364 g/mol. The van der Waals surface area contributed by atoms with Gasteiger partial charge in [-0.25, -0.2) is 4.79 Å². The van der Waals surface area contributed by atoms with Gasteiger partial charge in [0.15, 0.2) is 0 Å². The second kappa shape index (κ2) is 7.35. The number of hydrogen-bond donors (Lipinski definition) is 1. The molecule has 0 spiro atoms. The summed E-state index contributed by atoms with van der Waals surface area (Å²) in [6, 6.07) is 1.62. The van der Waals surface area contributed by atoms with Crippen molar-refractivity contribution in [3.8, 4) is 0 Å². The summed E-state index contributed by atoms with van der Waals surface area (Å²) >= 11 is 1.17. The molecule has 1 aliphatic heterocycles. The molecule has 1 N–H and O–H groups in total. The van der Waals surface area contributed by atoms with Crippen LogP contribution in [0.15, 0.2) is 11.4 Å². The third kappa shape index (κ3) is 3.44. The Morgan fingerprint density at radius 1 is 1.24 bits per heavy atom. The molecule has 1 aromatic rings. The third-order valence-electron chi connectivity index (χ3n) is 4.80. The number of esters is 1. The molecule has 7 nitrogen and oxygen atoms in total. The van der Waals surface area contributed by atoms with Crippen molar-refractivity contribution >= 4 is 40.7 Å². The average molecular weight is 364 g/mol. The molecule has 3 rings (SSSR count). The number of hydrogen-bond acceptors (Lipinski definition) is 6. The van der Waals surface area contributed by atoms with Crippen molar-refractivity contribution in [3.63, 3.8) is 0 Å². The first-order valence-electron chi connectivity index (χ1n) is 8.33. The zero-order valence-electron chi connectivity index (χ0n) is 13.9. The Morgan fingerprint density at radius 2 is 1.88 bits per heavy atom. The van der Waals surface area contributed by atoms with Crippen LogP contribution in [0.3, 0.4) is 0 Å². The van der Waals surface area contributed by atoms with Gasteiger partial charge in [-0.1, -0.05) is 12.8 Å². The fraction of sp³-hybridized carbons (Fsp3) is 0.529. The van der Waals surface area contributed by atoms with Crippen molar-refractivity contribution in [2.24, 2.45) is 11.8 Å². The van der Waals surface area contributed by atoms with Crippen LogP contribution in [0.4, 0.5) is 5.69 Å². The maximum atomic E-state index is 12.4. The number of imide groups is 1. The van der Waals surface area contributed by atoms with Crippen molar-refractivity contribution in [1.29, 1.82) is 0 Å². The third-order valence-corrected chi connectivity index (χ3v) is 5.70. The van der Waals surface area contributed by atoms with Crippen LogP contribution < -0.4 is 5.32 Å². The SMILES string of the molecule is COC(=O)c1sccc1NC(=O)CCN1C(=O)[C@@H]2CCCC[C@H]2C1=O. The Labute approximate surface area is 149 Å². The Bertz CT molecular complexity index is 690. The van der Waals surface area contributed by atoms with Crippen LogP contribution in [-0.4, -0.2) is 42.2 Å². The minimum Gasteiger partial charge on any atom is -0.465 e. The summed E-state index contributed by atoms with van der Waals surface area (Å²) in [5, 5.41) is 4.32. The van der Waals surface area contributed by atoms with E-state index in [0.717, 1.165) is 25.7 Å². The minimum absolute atomic E-state index is 0.00732. The predicted octanol–water partition coefficient (Wildman–Crippen LogP) is 2.04. The van der Waals surface area contributed by atoms with Gasteiger partial charge in [0.1, 0.15) is 4.88 Å². The summed E-state index contributed by atoms with van der Waals surface area (Å²) in [5.41, 5.74) is 0.384. The average Bonchev–Trinajstić information content (AvgIpc) is 3.17.